The number of amides is 1. The van der Waals surface area contributed by atoms with Gasteiger partial charge >= 0.3 is 0 Å². The molecular weight excluding hydrogens is 264 g/mol. The van der Waals surface area contributed by atoms with Gasteiger partial charge in [-0.15, -0.1) is 12.4 Å². The summed E-state index contributed by atoms with van der Waals surface area (Å²) in [6, 6.07) is -0.413. The molecule has 1 atom stereocenters. The number of rotatable bonds is 7. The fourth-order valence-electron chi connectivity index (χ4n) is 1.81. The molecule has 1 rings (SSSR count). The minimum absolute atomic E-state index is 0. The normalized spacial score (nSPS) is 12.1. The second kappa shape index (κ2) is 8.93. The number of nitrogens with zero attached hydrogens (tertiary/aromatic N) is 2. The molecule has 1 heterocycles. The van der Waals surface area contributed by atoms with Crippen molar-refractivity contribution in [2.45, 2.75) is 52.7 Å². The highest BCUT2D eigenvalue weighted by molar-refractivity contribution is 5.85. The molecular formula is C13H25ClN4O. The molecule has 19 heavy (non-hydrogen) atoms. The molecule has 0 bridgehead atoms. The van der Waals surface area contributed by atoms with Gasteiger partial charge < -0.3 is 15.6 Å². The van der Waals surface area contributed by atoms with E-state index in [2.05, 4.69) is 28.7 Å². The third kappa shape index (κ3) is 6.07. The zero-order valence-electron chi connectivity index (χ0n) is 11.9. The number of carbonyl (C=O) groups is 1. The number of hydrogen-bond acceptors (Lipinski definition) is 3. The van der Waals surface area contributed by atoms with Crippen LogP contribution in [0.1, 0.15) is 39.4 Å². The SMILES string of the molecule is CCCC(N)C(=O)NCc1nccn1CC(C)C.Cl. The van der Waals surface area contributed by atoms with Crippen molar-refractivity contribution in [3.8, 4) is 0 Å². The Kier molecular flexibility index (Phi) is 8.43. The first-order valence-electron chi connectivity index (χ1n) is 6.57. The average molecular weight is 289 g/mol. The van der Waals surface area contributed by atoms with Crippen LogP contribution in [0.3, 0.4) is 0 Å². The summed E-state index contributed by atoms with van der Waals surface area (Å²) in [7, 11) is 0. The first-order chi connectivity index (χ1) is 8.54. The average Bonchev–Trinajstić information content (AvgIpc) is 2.72. The topological polar surface area (TPSA) is 72.9 Å². The van der Waals surface area contributed by atoms with Crippen molar-refractivity contribution in [2.75, 3.05) is 0 Å². The molecule has 1 amide bonds. The lowest BCUT2D eigenvalue weighted by molar-refractivity contribution is -0.122. The van der Waals surface area contributed by atoms with Gasteiger partial charge in [0.05, 0.1) is 12.6 Å². The number of nitrogens with one attached hydrogen (secondary N) is 1. The molecule has 0 saturated carbocycles. The molecule has 0 aliphatic carbocycles. The van der Waals surface area contributed by atoms with Gasteiger partial charge in [0.25, 0.3) is 0 Å². The second-order valence-corrected chi connectivity index (χ2v) is 5.00. The monoisotopic (exact) mass is 288 g/mol. The van der Waals surface area contributed by atoms with E-state index in [-0.39, 0.29) is 18.3 Å². The Bertz CT molecular complexity index is 378. The molecule has 0 spiro atoms. The zero-order valence-corrected chi connectivity index (χ0v) is 12.7. The number of imidazole rings is 1. The van der Waals surface area contributed by atoms with Gasteiger partial charge in [-0.3, -0.25) is 4.79 Å². The highest BCUT2D eigenvalue weighted by Crippen LogP contribution is 2.03. The highest BCUT2D eigenvalue weighted by atomic mass is 35.5. The van der Waals surface area contributed by atoms with Crippen molar-refractivity contribution in [1.29, 1.82) is 0 Å². The van der Waals surface area contributed by atoms with Crippen LogP contribution in [0.4, 0.5) is 0 Å². The van der Waals surface area contributed by atoms with Crippen LogP contribution in [0, 0.1) is 5.92 Å². The molecule has 0 fully saturated rings. The van der Waals surface area contributed by atoms with E-state index in [0.717, 1.165) is 18.8 Å². The standard InChI is InChI=1S/C13H24N4O.ClH/c1-4-5-11(14)13(18)16-8-12-15-6-7-17(12)9-10(2)3;/h6-7,10-11H,4-5,8-9,14H2,1-3H3,(H,16,18);1H. The summed E-state index contributed by atoms with van der Waals surface area (Å²) in [5.41, 5.74) is 5.75. The van der Waals surface area contributed by atoms with Gasteiger partial charge in [0.1, 0.15) is 5.82 Å². The largest absolute Gasteiger partial charge is 0.348 e. The van der Waals surface area contributed by atoms with Gasteiger partial charge in [-0.05, 0) is 12.3 Å². The number of nitrogens with two attached hydrogens (primary N) is 1. The van der Waals surface area contributed by atoms with E-state index in [1.165, 1.54) is 0 Å². The van der Waals surface area contributed by atoms with E-state index in [4.69, 9.17) is 5.73 Å². The third-order valence-electron chi connectivity index (χ3n) is 2.72. The van der Waals surface area contributed by atoms with E-state index >= 15 is 0 Å². The molecule has 1 aromatic heterocycles. The van der Waals surface area contributed by atoms with Gasteiger partial charge in [-0.2, -0.15) is 0 Å². The Hall–Kier alpha value is -1.07. The lowest BCUT2D eigenvalue weighted by Gasteiger charge is -2.13. The third-order valence-corrected chi connectivity index (χ3v) is 2.72. The number of aromatic nitrogens is 2. The Morgan fingerprint density at radius 1 is 1.53 bits per heavy atom. The number of halogens is 1. The molecule has 5 nitrogen and oxygen atoms in total. The maximum atomic E-state index is 11.7. The zero-order chi connectivity index (χ0) is 13.5. The predicted molar refractivity (Wildman–Crippen MR) is 79.0 cm³/mol. The van der Waals surface area contributed by atoms with E-state index in [1.807, 2.05) is 13.1 Å². The predicted octanol–water partition coefficient (Wildman–Crippen LogP) is 1.70. The maximum Gasteiger partial charge on any atom is 0.237 e. The van der Waals surface area contributed by atoms with Crippen LogP contribution in [0.2, 0.25) is 0 Å². The van der Waals surface area contributed by atoms with Crippen molar-refractivity contribution in [3.63, 3.8) is 0 Å². The fraction of sp³-hybridized carbons (Fsp3) is 0.692. The fourth-order valence-corrected chi connectivity index (χ4v) is 1.81. The van der Waals surface area contributed by atoms with Crippen molar-refractivity contribution >= 4 is 18.3 Å². The lowest BCUT2D eigenvalue weighted by Crippen LogP contribution is -2.40. The summed E-state index contributed by atoms with van der Waals surface area (Å²) in [4.78, 5) is 15.9. The van der Waals surface area contributed by atoms with Gasteiger partial charge in [0.15, 0.2) is 0 Å². The van der Waals surface area contributed by atoms with Crippen molar-refractivity contribution in [1.82, 2.24) is 14.9 Å². The van der Waals surface area contributed by atoms with Gasteiger partial charge in [-0.1, -0.05) is 27.2 Å². The first-order valence-corrected chi connectivity index (χ1v) is 6.57. The first kappa shape index (κ1) is 17.9. The number of carbonyl (C=O) groups excluding carboxylic acids is 1. The van der Waals surface area contributed by atoms with E-state index in [0.29, 0.717) is 18.9 Å². The van der Waals surface area contributed by atoms with Crippen LogP contribution >= 0.6 is 12.4 Å². The molecule has 0 radical (unpaired) electrons. The molecule has 1 aromatic rings. The Balaban J connectivity index is 0.00000324. The summed E-state index contributed by atoms with van der Waals surface area (Å²) in [5, 5.41) is 2.84. The van der Waals surface area contributed by atoms with E-state index in [1.54, 1.807) is 6.20 Å². The molecule has 110 valence electrons. The quantitative estimate of drug-likeness (QED) is 0.802. The van der Waals surface area contributed by atoms with E-state index < -0.39 is 6.04 Å². The van der Waals surface area contributed by atoms with Crippen LogP contribution in [0.5, 0.6) is 0 Å². The molecule has 0 aromatic carbocycles. The molecule has 6 heteroatoms. The number of hydrogen-bond donors (Lipinski definition) is 2. The lowest BCUT2D eigenvalue weighted by atomic mass is 10.2. The molecule has 0 aliphatic rings. The van der Waals surface area contributed by atoms with Crippen LogP contribution in [0.15, 0.2) is 12.4 Å². The van der Waals surface area contributed by atoms with Crippen molar-refractivity contribution < 1.29 is 4.79 Å². The van der Waals surface area contributed by atoms with Crippen LogP contribution in [-0.2, 0) is 17.9 Å². The Morgan fingerprint density at radius 3 is 2.79 bits per heavy atom. The van der Waals surface area contributed by atoms with Crippen LogP contribution < -0.4 is 11.1 Å². The van der Waals surface area contributed by atoms with Crippen molar-refractivity contribution in [2.24, 2.45) is 11.7 Å². The Labute approximate surface area is 121 Å². The second-order valence-electron chi connectivity index (χ2n) is 5.00. The summed E-state index contributed by atoms with van der Waals surface area (Å²) in [6.45, 7) is 7.67. The summed E-state index contributed by atoms with van der Waals surface area (Å²) in [6.07, 6.45) is 5.33. The van der Waals surface area contributed by atoms with Crippen molar-refractivity contribution in [3.05, 3.63) is 18.2 Å². The summed E-state index contributed by atoms with van der Waals surface area (Å²) < 4.78 is 2.07. The minimum Gasteiger partial charge on any atom is -0.348 e. The minimum atomic E-state index is -0.413. The maximum absolute atomic E-state index is 11.7. The smallest absolute Gasteiger partial charge is 0.237 e. The van der Waals surface area contributed by atoms with Gasteiger partial charge in [0.2, 0.25) is 5.91 Å². The van der Waals surface area contributed by atoms with Crippen LogP contribution in [-0.4, -0.2) is 21.5 Å². The molecule has 3 N–H and O–H groups in total. The summed E-state index contributed by atoms with van der Waals surface area (Å²) in [5.74, 6) is 1.33. The molecule has 1 unspecified atom stereocenters. The van der Waals surface area contributed by atoms with Gasteiger partial charge in [-0.25, -0.2) is 4.98 Å². The van der Waals surface area contributed by atoms with Crippen LogP contribution in [0.25, 0.3) is 0 Å². The summed E-state index contributed by atoms with van der Waals surface area (Å²) >= 11 is 0. The highest BCUT2D eigenvalue weighted by Gasteiger charge is 2.13. The van der Waals surface area contributed by atoms with E-state index in [9.17, 15) is 4.79 Å². The molecule has 0 aliphatic heterocycles. The van der Waals surface area contributed by atoms with Gasteiger partial charge in [0, 0.05) is 18.9 Å². The Morgan fingerprint density at radius 2 is 2.21 bits per heavy atom. The molecule has 0 saturated heterocycles.